The summed E-state index contributed by atoms with van der Waals surface area (Å²) in [6.07, 6.45) is -0.953. The minimum Gasteiger partial charge on any atom is -0.449 e. The number of nitrogens with one attached hydrogen (secondary N) is 1. The predicted molar refractivity (Wildman–Crippen MR) is 86.4 cm³/mol. The lowest BCUT2D eigenvalue weighted by atomic mass is 10.2. The molecule has 0 spiro atoms. The molecule has 4 nitrogen and oxygen atoms in total. The maximum atomic E-state index is 12.0. The molecule has 0 radical (unpaired) electrons. The van der Waals surface area contributed by atoms with Gasteiger partial charge in [0.15, 0.2) is 6.10 Å². The van der Waals surface area contributed by atoms with Crippen LogP contribution in [0.3, 0.4) is 0 Å². The zero-order chi connectivity index (χ0) is 16.1. The van der Waals surface area contributed by atoms with Crippen LogP contribution in [0.1, 0.15) is 17.3 Å². The number of carbonyl (C=O) groups is 2. The molecule has 0 aliphatic heterocycles. The van der Waals surface area contributed by atoms with E-state index in [1.807, 2.05) is 0 Å². The first kappa shape index (κ1) is 16.3. The van der Waals surface area contributed by atoms with Crippen LogP contribution in [0.2, 0.25) is 10.0 Å². The molecular formula is C16H13Cl2NO3. The Labute approximate surface area is 138 Å². The fourth-order valence-electron chi connectivity index (χ4n) is 1.71. The molecule has 0 saturated carbocycles. The van der Waals surface area contributed by atoms with Crippen molar-refractivity contribution in [3.05, 3.63) is 64.1 Å². The fourth-order valence-corrected chi connectivity index (χ4v) is 2.09. The highest BCUT2D eigenvalue weighted by molar-refractivity contribution is 6.31. The molecule has 2 rings (SSSR count). The zero-order valence-corrected chi connectivity index (χ0v) is 13.2. The van der Waals surface area contributed by atoms with Gasteiger partial charge in [-0.3, -0.25) is 4.79 Å². The summed E-state index contributed by atoms with van der Waals surface area (Å²) >= 11 is 11.6. The van der Waals surface area contributed by atoms with Crippen molar-refractivity contribution in [3.8, 4) is 0 Å². The first-order valence-corrected chi connectivity index (χ1v) is 7.24. The smallest absolute Gasteiger partial charge is 0.338 e. The molecule has 2 aromatic rings. The van der Waals surface area contributed by atoms with E-state index in [0.717, 1.165) is 0 Å². The normalized spacial score (nSPS) is 11.6. The van der Waals surface area contributed by atoms with E-state index in [9.17, 15) is 9.59 Å². The molecule has 0 aliphatic carbocycles. The Morgan fingerprint density at radius 1 is 1.05 bits per heavy atom. The largest absolute Gasteiger partial charge is 0.449 e. The number of amides is 1. The Balaban J connectivity index is 1.98. The van der Waals surface area contributed by atoms with Gasteiger partial charge in [-0.05, 0) is 43.3 Å². The van der Waals surface area contributed by atoms with Gasteiger partial charge in [-0.2, -0.15) is 0 Å². The summed E-state index contributed by atoms with van der Waals surface area (Å²) in [6.45, 7) is 1.49. The van der Waals surface area contributed by atoms with Crippen LogP contribution in [0.4, 0.5) is 5.69 Å². The molecule has 0 unspecified atom stereocenters. The van der Waals surface area contributed by atoms with Crippen LogP contribution in [0.15, 0.2) is 48.5 Å². The molecule has 2 aromatic carbocycles. The molecule has 0 aliphatic rings. The number of ether oxygens (including phenoxy) is 1. The number of hydrogen-bond acceptors (Lipinski definition) is 3. The third kappa shape index (κ3) is 4.48. The number of halogens is 2. The monoisotopic (exact) mass is 337 g/mol. The Morgan fingerprint density at radius 3 is 2.32 bits per heavy atom. The van der Waals surface area contributed by atoms with Crippen molar-refractivity contribution in [2.75, 3.05) is 5.32 Å². The number of carbonyl (C=O) groups excluding carboxylic acids is 2. The predicted octanol–water partition coefficient (Wildman–Crippen LogP) is 4.18. The summed E-state index contributed by atoms with van der Waals surface area (Å²) in [4.78, 5) is 23.9. The van der Waals surface area contributed by atoms with Gasteiger partial charge in [0.2, 0.25) is 0 Å². The van der Waals surface area contributed by atoms with Crippen molar-refractivity contribution in [2.24, 2.45) is 0 Å². The Kier molecular flexibility index (Phi) is 5.41. The zero-order valence-electron chi connectivity index (χ0n) is 11.7. The SMILES string of the molecule is C[C@H](OC(=O)c1cccc(Cl)c1)C(=O)Nc1cccc(Cl)c1. The van der Waals surface area contributed by atoms with Gasteiger partial charge < -0.3 is 10.1 Å². The topological polar surface area (TPSA) is 55.4 Å². The summed E-state index contributed by atoms with van der Waals surface area (Å²) in [5.41, 5.74) is 0.818. The number of rotatable bonds is 4. The van der Waals surface area contributed by atoms with Gasteiger partial charge in [-0.25, -0.2) is 4.79 Å². The maximum absolute atomic E-state index is 12.0. The van der Waals surface area contributed by atoms with Crippen molar-refractivity contribution in [1.82, 2.24) is 0 Å². The van der Waals surface area contributed by atoms with E-state index >= 15 is 0 Å². The summed E-state index contributed by atoms with van der Waals surface area (Å²) in [7, 11) is 0. The van der Waals surface area contributed by atoms with Gasteiger partial charge in [0.05, 0.1) is 5.56 Å². The Hall–Kier alpha value is -2.04. The highest BCUT2D eigenvalue weighted by Gasteiger charge is 2.19. The van der Waals surface area contributed by atoms with Crippen molar-refractivity contribution in [3.63, 3.8) is 0 Å². The van der Waals surface area contributed by atoms with Crippen LogP contribution >= 0.6 is 23.2 Å². The van der Waals surface area contributed by atoms with Crippen molar-refractivity contribution < 1.29 is 14.3 Å². The molecule has 6 heteroatoms. The van der Waals surface area contributed by atoms with E-state index < -0.39 is 18.0 Å². The first-order valence-electron chi connectivity index (χ1n) is 6.48. The first-order chi connectivity index (χ1) is 10.5. The Bertz CT molecular complexity index is 703. The third-order valence-electron chi connectivity index (χ3n) is 2.81. The molecule has 22 heavy (non-hydrogen) atoms. The lowest BCUT2D eigenvalue weighted by Gasteiger charge is -2.13. The number of benzene rings is 2. The van der Waals surface area contributed by atoms with E-state index in [2.05, 4.69) is 5.32 Å². The standard InChI is InChI=1S/C16H13Cl2NO3/c1-10(15(20)19-14-7-3-6-13(18)9-14)22-16(21)11-4-2-5-12(17)8-11/h2-10H,1H3,(H,19,20)/t10-/m0/s1. The highest BCUT2D eigenvalue weighted by atomic mass is 35.5. The van der Waals surface area contributed by atoms with Gasteiger partial charge in [0, 0.05) is 15.7 Å². The van der Waals surface area contributed by atoms with Crippen LogP contribution in [0.25, 0.3) is 0 Å². The molecule has 1 atom stereocenters. The van der Waals surface area contributed by atoms with Crippen LogP contribution in [0, 0.1) is 0 Å². The molecule has 0 heterocycles. The van der Waals surface area contributed by atoms with Crippen LogP contribution < -0.4 is 5.32 Å². The van der Waals surface area contributed by atoms with Gasteiger partial charge in [-0.1, -0.05) is 35.3 Å². The molecule has 1 N–H and O–H groups in total. The lowest BCUT2D eigenvalue weighted by molar-refractivity contribution is -0.123. The van der Waals surface area contributed by atoms with E-state index in [-0.39, 0.29) is 5.56 Å². The second-order valence-electron chi connectivity index (χ2n) is 4.56. The number of esters is 1. The number of hydrogen-bond donors (Lipinski definition) is 1. The summed E-state index contributed by atoms with van der Waals surface area (Å²) in [6, 6.07) is 13.0. The van der Waals surface area contributed by atoms with Crippen molar-refractivity contribution >= 4 is 40.8 Å². The van der Waals surface area contributed by atoms with E-state index in [4.69, 9.17) is 27.9 Å². The second kappa shape index (κ2) is 7.29. The van der Waals surface area contributed by atoms with E-state index in [1.54, 1.807) is 42.5 Å². The minimum atomic E-state index is -0.953. The quantitative estimate of drug-likeness (QED) is 0.851. The molecule has 114 valence electrons. The van der Waals surface area contributed by atoms with Crippen LogP contribution in [-0.4, -0.2) is 18.0 Å². The summed E-state index contributed by atoms with van der Waals surface area (Å²) in [5, 5.41) is 3.55. The molecule has 0 aromatic heterocycles. The summed E-state index contributed by atoms with van der Waals surface area (Å²) < 4.78 is 5.11. The van der Waals surface area contributed by atoms with Crippen LogP contribution in [0.5, 0.6) is 0 Å². The second-order valence-corrected chi connectivity index (χ2v) is 5.43. The third-order valence-corrected chi connectivity index (χ3v) is 3.28. The average molecular weight is 338 g/mol. The van der Waals surface area contributed by atoms with Gasteiger partial charge >= 0.3 is 5.97 Å². The molecule has 0 fully saturated rings. The average Bonchev–Trinajstić information content (AvgIpc) is 2.47. The van der Waals surface area contributed by atoms with Gasteiger partial charge in [0.1, 0.15) is 0 Å². The molecule has 0 bridgehead atoms. The van der Waals surface area contributed by atoms with E-state index in [1.165, 1.54) is 13.0 Å². The van der Waals surface area contributed by atoms with E-state index in [0.29, 0.717) is 15.7 Å². The minimum absolute atomic E-state index is 0.287. The Morgan fingerprint density at radius 2 is 1.68 bits per heavy atom. The van der Waals surface area contributed by atoms with Crippen molar-refractivity contribution in [2.45, 2.75) is 13.0 Å². The van der Waals surface area contributed by atoms with Gasteiger partial charge in [0.25, 0.3) is 5.91 Å². The maximum Gasteiger partial charge on any atom is 0.338 e. The highest BCUT2D eigenvalue weighted by Crippen LogP contribution is 2.16. The molecule has 1 amide bonds. The fraction of sp³-hybridized carbons (Fsp3) is 0.125. The number of anilines is 1. The van der Waals surface area contributed by atoms with Crippen LogP contribution in [-0.2, 0) is 9.53 Å². The van der Waals surface area contributed by atoms with Crippen molar-refractivity contribution in [1.29, 1.82) is 0 Å². The molecule has 0 saturated heterocycles. The molecular weight excluding hydrogens is 325 g/mol. The lowest BCUT2D eigenvalue weighted by Crippen LogP contribution is -2.30. The van der Waals surface area contributed by atoms with Gasteiger partial charge in [-0.15, -0.1) is 0 Å². The summed E-state index contributed by atoms with van der Waals surface area (Å²) in [5.74, 6) is -1.06.